The number of nitrogens with zero attached hydrogens (tertiary/aromatic N) is 1. The number of hydrogen-bond acceptors (Lipinski definition) is 3. The standard InChI is InChI=1S/C20H17N3O/c1-20(2)19(24)14-9-12(7-8-18(14)23-20)15(10-21)16-11-22-17-6-4-3-5-13(16)17/h3-9,11,15,22-23H,1-2H3. The molecule has 4 rings (SSSR count). The van der Waals surface area contributed by atoms with Gasteiger partial charge in [0.15, 0.2) is 5.78 Å². The highest BCUT2D eigenvalue weighted by molar-refractivity contribution is 6.13. The monoisotopic (exact) mass is 315 g/mol. The Hall–Kier alpha value is -3.06. The van der Waals surface area contributed by atoms with Crippen LogP contribution in [0, 0.1) is 11.3 Å². The summed E-state index contributed by atoms with van der Waals surface area (Å²) < 4.78 is 0. The Bertz CT molecular complexity index is 1010. The fourth-order valence-electron chi connectivity index (χ4n) is 3.42. The van der Waals surface area contributed by atoms with Crippen LogP contribution in [0.15, 0.2) is 48.7 Å². The summed E-state index contributed by atoms with van der Waals surface area (Å²) in [5, 5.41) is 14.0. The van der Waals surface area contributed by atoms with Gasteiger partial charge < -0.3 is 10.3 Å². The van der Waals surface area contributed by atoms with E-state index >= 15 is 0 Å². The number of hydrogen-bond donors (Lipinski definition) is 2. The lowest BCUT2D eigenvalue weighted by Crippen LogP contribution is -2.33. The molecule has 0 saturated heterocycles. The molecule has 1 aliphatic rings. The van der Waals surface area contributed by atoms with E-state index in [9.17, 15) is 10.1 Å². The maximum absolute atomic E-state index is 12.5. The Kier molecular flexibility index (Phi) is 3.01. The van der Waals surface area contributed by atoms with Crippen LogP contribution in [0.5, 0.6) is 0 Å². The summed E-state index contributed by atoms with van der Waals surface area (Å²) in [5.41, 5.74) is 3.69. The van der Waals surface area contributed by atoms with E-state index in [2.05, 4.69) is 16.4 Å². The van der Waals surface area contributed by atoms with E-state index in [4.69, 9.17) is 0 Å². The summed E-state index contributed by atoms with van der Waals surface area (Å²) in [6.07, 6.45) is 1.88. The average molecular weight is 315 g/mol. The minimum atomic E-state index is -0.593. The number of nitrogens with one attached hydrogen (secondary N) is 2. The fourth-order valence-corrected chi connectivity index (χ4v) is 3.42. The van der Waals surface area contributed by atoms with Crippen LogP contribution in [0.1, 0.15) is 41.3 Å². The third-order valence-electron chi connectivity index (χ3n) is 4.70. The van der Waals surface area contributed by atoms with Gasteiger partial charge in [0.2, 0.25) is 0 Å². The molecule has 2 aromatic carbocycles. The second kappa shape index (κ2) is 4.97. The summed E-state index contributed by atoms with van der Waals surface area (Å²) >= 11 is 0. The van der Waals surface area contributed by atoms with Crippen LogP contribution >= 0.6 is 0 Å². The van der Waals surface area contributed by atoms with Gasteiger partial charge in [-0.15, -0.1) is 0 Å². The van der Waals surface area contributed by atoms with Gasteiger partial charge in [0.05, 0.1) is 17.5 Å². The molecule has 1 aliphatic heterocycles. The van der Waals surface area contributed by atoms with Crippen molar-refractivity contribution < 1.29 is 4.79 Å². The number of H-pyrrole nitrogens is 1. The summed E-state index contributed by atoms with van der Waals surface area (Å²) in [6.45, 7) is 3.74. The van der Waals surface area contributed by atoms with E-state index in [1.54, 1.807) is 0 Å². The van der Waals surface area contributed by atoms with Gasteiger partial charge in [-0.3, -0.25) is 4.79 Å². The highest BCUT2D eigenvalue weighted by Gasteiger charge is 2.37. The lowest BCUT2D eigenvalue weighted by Gasteiger charge is -2.15. The molecular weight excluding hydrogens is 298 g/mol. The molecule has 0 aliphatic carbocycles. The van der Waals surface area contributed by atoms with Gasteiger partial charge in [-0.25, -0.2) is 0 Å². The van der Waals surface area contributed by atoms with E-state index in [0.29, 0.717) is 5.56 Å². The molecule has 24 heavy (non-hydrogen) atoms. The molecule has 4 nitrogen and oxygen atoms in total. The second-order valence-corrected chi connectivity index (χ2v) is 6.74. The number of rotatable bonds is 2. The SMILES string of the molecule is CC1(C)Nc2ccc(C(C#N)c3c[nH]c4ccccc34)cc2C1=O. The van der Waals surface area contributed by atoms with E-state index in [1.807, 2.05) is 62.5 Å². The molecule has 1 aromatic heterocycles. The molecule has 2 N–H and O–H groups in total. The Balaban J connectivity index is 1.83. The minimum absolute atomic E-state index is 0.0648. The number of nitriles is 1. The Morgan fingerprint density at radius 1 is 1.17 bits per heavy atom. The third-order valence-corrected chi connectivity index (χ3v) is 4.70. The van der Waals surface area contributed by atoms with Gasteiger partial charge in [-0.2, -0.15) is 5.26 Å². The number of fused-ring (bicyclic) bond motifs is 2. The lowest BCUT2D eigenvalue weighted by molar-refractivity contribution is 0.0939. The summed E-state index contributed by atoms with van der Waals surface area (Å²) in [6, 6.07) is 16.0. The summed E-state index contributed by atoms with van der Waals surface area (Å²) in [7, 11) is 0. The first kappa shape index (κ1) is 14.5. The number of ketones is 1. The van der Waals surface area contributed by atoms with Gasteiger partial charge in [-0.05, 0) is 43.2 Å². The largest absolute Gasteiger partial charge is 0.372 e. The van der Waals surface area contributed by atoms with Crippen LogP contribution in [-0.2, 0) is 0 Å². The highest BCUT2D eigenvalue weighted by Crippen LogP contribution is 2.36. The van der Waals surface area contributed by atoms with E-state index in [1.165, 1.54) is 0 Å². The minimum Gasteiger partial charge on any atom is -0.372 e. The van der Waals surface area contributed by atoms with Crippen molar-refractivity contribution in [2.24, 2.45) is 0 Å². The van der Waals surface area contributed by atoms with Crippen molar-refractivity contribution in [2.45, 2.75) is 25.3 Å². The topological polar surface area (TPSA) is 68.7 Å². The normalized spacial score (nSPS) is 16.5. The van der Waals surface area contributed by atoms with Gasteiger partial charge in [0.25, 0.3) is 0 Å². The number of benzene rings is 2. The first-order chi connectivity index (χ1) is 11.5. The molecule has 2 heterocycles. The second-order valence-electron chi connectivity index (χ2n) is 6.74. The zero-order chi connectivity index (χ0) is 16.9. The molecule has 3 aromatic rings. The zero-order valence-corrected chi connectivity index (χ0v) is 13.6. The van der Waals surface area contributed by atoms with Crippen molar-refractivity contribution >= 4 is 22.4 Å². The van der Waals surface area contributed by atoms with E-state index in [-0.39, 0.29) is 5.78 Å². The molecule has 0 fully saturated rings. The molecule has 1 unspecified atom stereocenters. The van der Waals surface area contributed by atoms with Crippen LogP contribution in [0.2, 0.25) is 0 Å². The molecule has 0 bridgehead atoms. The van der Waals surface area contributed by atoms with Crippen LogP contribution in [0.3, 0.4) is 0 Å². The number of carbonyl (C=O) groups excluding carboxylic acids is 1. The molecule has 1 atom stereocenters. The Morgan fingerprint density at radius 2 is 1.96 bits per heavy atom. The maximum atomic E-state index is 12.5. The molecule has 0 saturated carbocycles. The highest BCUT2D eigenvalue weighted by atomic mass is 16.1. The fraction of sp³-hybridized carbons (Fsp3) is 0.200. The summed E-state index contributed by atoms with van der Waals surface area (Å²) in [5.74, 6) is -0.349. The van der Waals surface area contributed by atoms with Crippen molar-refractivity contribution in [3.8, 4) is 6.07 Å². The number of aromatic amines is 1. The average Bonchev–Trinajstić information content (AvgIpc) is 3.09. The molecular formula is C20H17N3O. The smallest absolute Gasteiger partial charge is 0.189 e. The molecule has 0 radical (unpaired) electrons. The van der Waals surface area contributed by atoms with E-state index < -0.39 is 11.5 Å². The number of anilines is 1. The van der Waals surface area contributed by atoms with Gasteiger partial charge in [0.1, 0.15) is 0 Å². The maximum Gasteiger partial charge on any atom is 0.189 e. The molecule has 118 valence electrons. The van der Waals surface area contributed by atoms with Crippen molar-refractivity contribution in [1.29, 1.82) is 5.26 Å². The number of aromatic nitrogens is 1. The summed E-state index contributed by atoms with van der Waals surface area (Å²) in [4.78, 5) is 15.7. The lowest BCUT2D eigenvalue weighted by atomic mass is 9.89. The van der Waals surface area contributed by atoms with Crippen molar-refractivity contribution in [3.63, 3.8) is 0 Å². The quantitative estimate of drug-likeness (QED) is 0.744. The zero-order valence-electron chi connectivity index (χ0n) is 13.6. The van der Waals surface area contributed by atoms with E-state index in [0.717, 1.165) is 27.7 Å². The predicted octanol–water partition coefficient (Wildman–Crippen LogP) is 4.21. The van der Waals surface area contributed by atoms with Crippen LogP contribution < -0.4 is 5.32 Å². The Morgan fingerprint density at radius 3 is 2.75 bits per heavy atom. The van der Waals surface area contributed by atoms with Gasteiger partial charge in [0, 0.05) is 28.4 Å². The first-order valence-corrected chi connectivity index (χ1v) is 7.94. The van der Waals surface area contributed by atoms with Crippen LogP contribution in [0.4, 0.5) is 5.69 Å². The molecule has 0 amide bonds. The molecule has 0 spiro atoms. The third kappa shape index (κ3) is 2.02. The first-order valence-electron chi connectivity index (χ1n) is 7.94. The Labute approximate surface area is 140 Å². The number of Topliss-reactive ketones (excluding diaryl/α,β-unsaturated/α-hetero) is 1. The van der Waals surface area contributed by atoms with Gasteiger partial charge in [-0.1, -0.05) is 24.3 Å². The number of carbonyl (C=O) groups is 1. The van der Waals surface area contributed by atoms with Crippen molar-refractivity contribution in [1.82, 2.24) is 4.98 Å². The van der Waals surface area contributed by atoms with Crippen molar-refractivity contribution in [3.05, 3.63) is 65.4 Å². The molecule has 4 heteroatoms. The number of para-hydroxylation sites is 1. The van der Waals surface area contributed by atoms with Crippen LogP contribution in [0.25, 0.3) is 10.9 Å². The van der Waals surface area contributed by atoms with Crippen LogP contribution in [-0.4, -0.2) is 16.3 Å². The predicted molar refractivity (Wildman–Crippen MR) is 94.2 cm³/mol. The van der Waals surface area contributed by atoms with Crippen molar-refractivity contribution in [2.75, 3.05) is 5.32 Å². The van der Waals surface area contributed by atoms with Gasteiger partial charge >= 0.3 is 0 Å².